The van der Waals surface area contributed by atoms with Gasteiger partial charge in [-0.05, 0) is 30.7 Å². The Labute approximate surface area is 98.2 Å². The number of amides is 2. The van der Waals surface area contributed by atoms with Crippen molar-refractivity contribution in [2.24, 2.45) is 0 Å². The van der Waals surface area contributed by atoms with Crippen LogP contribution < -0.4 is 10.6 Å². The van der Waals surface area contributed by atoms with Crippen LogP contribution in [0, 0.1) is 6.92 Å². The summed E-state index contributed by atoms with van der Waals surface area (Å²) in [5.41, 5.74) is 1.10. The lowest BCUT2D eigenvalue weighted by Crippen LogP contribution is -2.40. The standard InChI is InChI=1S/C9H8BrF3N2O/c1-5-4-6(2-3-7(5)10)14-8(16)15-9(11,12)13/h2-4H,1H3,(H2,14,15,16). The van der Waals surface area contributed by atoms with Crippen LogP contribution in [-0.2, 0) is 0 Å². The molecular formula is C9H8BrF3N2O. The van der Waals surface area contributed by atoms with Gasteiger partial charge in [-0.3, -0.25) is 0 Å². The van der Waals surface area contributed by atoms with Crippen molar-refractivity contribution in [1.82, 2.24) is 5.32 Å². The molecule has 0 aliphatic heterocycles. The van der Waals surface area contributed by atoms with Crippen molar-refractivity contribution in [3.63, 3.8) is 0 Å². The second kappa shape index (κ2) is 4.73. The molecule has 0 aliphatic carbocycles. The van der Waals surface area contributed by atoms with E-state index in [1.807, 2.05) is 0 Å². The largest absolute Gasteiger partial charge is 0.485 e. The SMILES string of the molecule is Cc1cc(NC(=O)NC(F)(F)F)ccc1Br. The Hall–Kier alpha value is -1.24. The molecule has 3 nitrogen and oxygen atoms in total. The molecule has 2 N–H and O–H groups in total. The number of benzene rings is 1. The molecule has 0 atom stereocenters. The summed E-state index contributed by atoms with van der Waals surface area (Å²) in [4.78, 5) is 10.9. The van der Waals surface area contributed by atoms with E-state index in [0.717, 1.165) is 15.4 Å². The van der Waals surface area contributed by atoms with E-state index >= 15 is 0 Å². The molecule has 0 aliphatic rings. The van der Waals surface area contributed by atoms with Crippen molar-refractivity contribution in [1.29, 1.82) is 0 Å². The quantitative estimate of drug-likeness (QED) is 0.766. The summed E-state index contributed by atoms with van der Waals surface area (Å²) in [6.07, 6.45) is -4.73. The average Bonchev–Trinajstić information content (AvgIpc) is 2.08. The Morgan fingerprint density at radius 1 is 1.38 bits per heavy atom. The third kappa shape index (κ3) is 4.09. The highest BCUT2D eigenvalue weighted by Crippen LogP contribution is 2.20. The molecule has 7 heteroatoms. The number of halogens is 4. The van der Waals surface area contributed by atoms with Crippen LogP contribution in [-0.4, -0.2) is 12.3 Å². The number of nitrogens with one attached hydrogen (secondary N) is 2. The Balaban J connectivity index is 2.67. The highest BCUT2D eigenvalue weighted by atomic mass is 79.9. The molecule has 0 saturated heterocycles. The summed E-state index contributed by atoms with van der Waals surface area (Å²) in [5, 5.41) is 2.92. The molecule has 1 aromatic carbocycles. The molecule has 0 radical (unpaired) electrons. The van der Waals surface area contributed by atoms with Gasteiger partial charge < -0.3 is 5.32 Å². The summed E-state index contributed by atoms with van der Waals surface area (Å²) in [5.74, 6) is 0. The first-order chi connectivity index (χ1) is 7.28. The number of hydrogen-bond donors (Lipinski definition) is 2. The summed E-state index contributed by atoms with van der Waals surface area (Å²) in [6, 6.07) is 3.38. The van der Waals surface area contributed by atoms with Crippen molar-refractivity contribution in [3.05, 3.63) is 28.2 Å². The molecule has 0 heterocycles. The number of carbonyl (C=O) groups is 1. The first-order valence-corrected chi connectivity index (χ1v) is 4.99. The lowest BCUT2D eigenvalue weighted by atomic mass is 10.2. The van der Waals surface area contributed by atoms with Gasteiger partial charge in [-0.25, -0.2) is 10.1 Å². The summed E-state index contributed by atoms with van der Waals surface area (Å²) in [7, 11) is 0. The lowest BCUT2D eigenvalue weighted by Gasteiger charge is -2.10. The van der Waals surface area contributed by atoms with Crippen LogP contribution in [0.5, 0.6) is 0 Å². The number of carbonyl (C=O) groups excluding carboxylic acids is 1. The lowest BCUT2D eigenvalue weighted by molar-refractivity contribution is -0.144. The smallest absolute Gasteiger partial charge is 0.308 e. The van der Waals surface area contributed by atoms with Crippen molar-refractivity contribution < 1.29 is 18.0 Å². The van der Waals surface area contributed by atoms with E-state index < -0.39 is 12.3 Å². The average molecular weight is 297 g/mol. The Morgan fingerprint density at radius 2 is 2.00 bits per heavy atom. The molecule has 88 valence electrons. The van der Waals surface area contributed by atoms with Crippen molar-refractivity contribution in [2.45, 2.75) is 13.2 Å². The molecule has 1 aromatic rings. The highest BCUT2D eigenvalue weighted by Gasteiger charge is 2.29. The van der Waals surface area contributed by atoms with Crippen LogP contribution >= 0.6 is 15.9 Å². The van der Waals surface area contributed by atoms with Crippen LogP contribution in [0.25, 0.3) is 0 Å². The van der Waals surface area contributed by atoms with Crippen molar-refractivity contribution in [3.8, 4) is 0 Å². The molecule has 0 fully saturated rings. The van der Waals surface area contributed by atoms with Crippen LogP contribution in [0.3, 0.4) is 0 Å². The van der Waals surface area contributed by atoms with Gasteiger partial charge in [0, 0.05) is 10.2 Å². The first kappa shape index (κ1) is 12.8. The van der Waals surface area contributed by atoms with Gasteiger partial charge in [0.25, 0.3) is 0 Å². The van der Waals surface area contributed by atoms with Crippen LogP contribution in [0.1, 0.15) is 5.56 Å². The van der Waals surface area contributed by atoms with E-state index in [1.165, 1.54) is 6.07 Å². The van der Waals surface area contributed by atoms with Crippen LogP contribution in [0.15, 0.2) is 22.7 Å². The van der Waals surface area contributed by atoms with Gasteiger partial charge in [-0.1, -0.05) is 15.9 Å². The fourth-order valence-corrected chi connectivity index (χ4v) is 1.26. The second-order valence-electron chi connectivity index (χ2n) is 3.04. The number of hydrogen-bond acceptors (Lipinski definition) is 1. The minimum absolute atomic E-state index is 0.294. The summed E-state index contributed by atoms with van der Waals surface area (Å²) < 4.78 is 36.1. The highest BCUT2D eigenvalue weighted by molar-refractivity contribution is 9.10. The minimum atomic E-state index is -4.73. The normalized spacial score (nSPS) is 11.1. The zero-order valence-electron chi connectivity index (χ0n) is 8.15. The maximum Gasteiger partial charge on any atom is 0.485 e. The second-order valence-corrected chi connectivity index (χ2v) is 3.90. The molecule has 0 unspecified atom stereocenters. The molecular weight excluding hydrogens is 289 g/mol. The summed E-state index contributed by atoms with van der Waals surface area (Å²) >= 11 is 3.24. The van der Waals surface area contributed by atoms with Crippen molar-refractivity contribution in [2.75, 3.05) is 5.32 Å². The van der Waals surface area contributed by atoms with E-state index in [1.54, 1.807) is 19.1 Å². The molecule has 0 bridgehead atoms. The number of urea groups is 1. The maximum absolute atomic E-state index is 11.8. The van der Waals surface area contributed by atoms with E-state index in [-0.39, 0.29) is 0 Å². The Kier molecular flexibility index (Phi) is 3.79. The van der Waals surface area contributed by atoms with Gasteiger partial charge in [0.2, 0.25) is 0 Å². The third-order valence-electron chi connectivity index (χ3n) is 1.67. The molecule has 16 heavy (non-hydrogen) atoms. The van der Waals surface area contributed by atoms with Crippen LogP contribution in [0.4, 0.5) is 23.7 Å². The van der Waals surface area contributed by atoms with Gasteiger partial charge in [-0.15, -0.1) is 0 Å². The van der Waals surface area contributed by atoms with Crippen LogP contribution in [0.2, 0.25) is 0 Å². The maximum atomic E-state index is 11.8. The first-order valence-electron chi connectivity index (χ1n) is 4.20. The van der Waals surface area contributed by atoms with E-state index in [2.05, 4.69) is 21.2 Å². The molecule has 1 rings (SSSR count). The van der Waals surface area contributed by atoms with E-state index in [4.69, 9.17) is 0 Å². The Bertz CT molecular complexity index is 406. The van der Waals surface area contributed by atoms with Gasteiger partial charge >= 0.3 is 12.3 Å². The van der Waals surface area contributed by atoms with E-state index in [0.29, 0.717) is 5.69 Å². The number of aryl methyl sites for hydroxylation is 1. The van der Waals surface area contributed by atoms with E-state index in [9.17, 15) is 18.0 Å². The monoisotopic (exact) mass is 296 g/mol. The molecule has 2 amide bonds. The predicted molar refractivity (Wildman–Crippen MR) is 57.1 cm³/mol. The minimum Gasteiger partial charge on any atom is -0.308 e. The summed E-state index contributed by atoms with van der Waals surface area (Å²) in [6.45, 7) is 1.76. The zero-order valence-corrected chi connectivity index (χ0v) is 9.74. The molecule has 0 spiro atoms. The van der Waals surface area contributed by atoms with Gasteiger partial charge in [0.15, 0.2) is 0 Å². The van der Waals surface area contributed by atoms with Gasteiger partial charge in [0.05, 0.1) is 0 Å². The number of rotatable bonds is 1. The molecule has 0 saturated carbocycles. The third-order valence-corrected chi connectivity index (χ3v) is 2.56. The van der Waals surface area contributed by atoms with Gasteiger partial charge in [0.1, 0.15) is 0 Å². The predicted octanol–water partition coefficient (Wildman–Crippen LogP) is 3.40. The fraction of sp³-hybridized carbons (Fsp3) is 0.222. The topological polar surface area (TPSA) is 41.1 Å². The zero-order chi connectivity index (χ0) is 12.3. The Morgan fingerprint density at radius 3 is 2.50 bits per heavy atom. The molecule has 0 aromatic heterocycles. The number of alkyl halides is 3. The fourth-order valence-electron chi connectivity index (χ4n) is 1.01. The number of anilines is 1. The van der Waals surface area contributed by atoms with Gasteiger partial charge in [-0.2, -0.15) is 13.2 Å². The van der Waals surface area contributed by atoms with Crippen molar-refractivity contribution >= 4 is 27.6 Å².